The van der Waals surface area contributed by atoms with Crippen molar-refractivity contribution in [2.24, 2.45) is 0 Å². The number of carbonyl (C=O) groups excluding carboxylic acids is 2. The molecule has 140 valence electrons. The summed E-state index contributed by atoms with van der Waals surface area (Å²) in [7, 11) is -3.55. The highest BCUT2D eigenvalue weighted by atomic mass is 32.2. The number of amides is 2. The van der Waals surface area contributed by atoms with Crippen molar-refractivity contribution < 1.29 is 18.0 Å². The van der Waals surface area contributed by atoms with Crippen LogP contribution >= 0.6 is 22.7 Å². The minimum Gasteiger partial charge on any atom is -0.346 e. The van der Waals surface area contributed by atoms with Gasteiger partial charge in [0.05, 0.1) is 6.54 Å². The smallest absolute Gasteiger partial charge is 0.309 e. The van der Waals surface area contributed by atoms with Gasteiger partial charge in [0.25, 0.3) is 10.0 Å². The number of nitrogens with zero attached hydrogens (tertiary/aromatic N) is 1. The molecule has 1 saturated heterocycles. The third kappa shape index (κ3) is 4.32. The van der Waals surface area contributed by atoms with Crippen LogP contribution in [0.4, 0.5) is 0 Å². The number of hydrogen-bond acceptors (Lipinski definition) is 6. The first kappa shape index (κ1) is 19.0. The van der Waals surface area contributed by atoms with Crippen LogP contribution in [-0.4, -0.2) is 43.7 Å². The fraction of sp³-hybridized carbons (Fsp3) is 0.375. The molecule has 2 aromatic heterocycles. The molecular weight excluding hydrogens is 394 g/mol. The van der Waals surface area contributed by atoms with Crippen molar-refractivity contribution in [3.63, 3.8) is 0 Å². The predicted molar refractivity (Wildman–Crippen MR) is 100 cm³/mol. The number of carbonyl (C=O) groups is 2. The molecule has 1 atom stereocenters. The molecule has 1 aliphatic rings. The molecule has 0 saturated carbocycles. The van der Waals surface area contributed by atoms with E-state index in [0.29, 0.717) is 23.7 Å². The lowest BCUT2D eigenvalue weighted by molar-refractivity contribution is -0.139. The van der Waals surface area contributed by atoms with Crippen LogP contribution in [0, 0.1) is 0 Å². The zero-order valence-corrected chi connectivity index (χ0v) is 16.3. The average Bonchev–Trinajstić information content (AvgIpc) is 3.39. The first-order valence-electron chi connectivity index (χ1n) is 8.12. The molecule has 0 spiro atoms. The molecule has 1 fully saturated rings. The maximum absolute atomic E-state index is 12.7. The molecule has 3 rings (SSSR count). The van der Waals surface area contributed by atoms with Crippen LogP contribution in [0.3, 0.4) is 0 Å². The topological polar surface area (TPSA) is 95.6 Å². The molecule has 1 aliphatic heterocycles. The Morgan fingerprint density at radius 3 is 2.54 bits per heavy atom. The van der Waals surface area contributed by atoms with Crippen molar-refractivity contribution in [1.29, 1.82) is 0 Å². The van der Waals surface area contributed by atoms with E-state index in [1.807, 2.05) is 17.5 Å². The summed E-state index contributed by atoms with van der Waals surface area (Å²) in [6.07, 6.45) is 1.39. The second-order valence-corrected chi connectivity index (χ2v) is 9.91. The van der Waals surface area contributed by atoms with Crippen molar-refractivity contribution in [2.75, 3.05) is 13.1 Å². The van der Waals surface area contributed by atoms with Crippen molar-refractivity contribution in [3.8, 4) is 0 Å². The summed E-state index contributed by atoms with van der Waals surface area (Å²) in [6, 6.07) is 6.67. The number of sulfonamides is 1. The van der Waals surface area contributed by atoms with Crippen LogP contribution in [-0.2, 0) is 26.2 Å². The third-order valence-electron chi connectivity index (χ3n) is 4.09. The standard InChI is InChI=1S/C16H19N3O4S3/c20-15(16(21)18-11-13-5-2-8-24-13)17-10-12-4-1-7-19(12)26(22,23)14-6-3-9-25-14/h2-3,5-6,8-9,12H,1,4,7,10-11H2,(H,17,20)(H,18,21). The largest absolute Gasteiger partial charge is 0.346 e. The molecule has 2 aromatic rings. The predicted octanol–water partition coefficient (Wildman–Crippen LogP) is 1.40. The second kappa shape index (κ2) is 8.30. The Balaban J connectivity index is 1.53. The molecule has 7 nitrogen and oxygen atoms in total. The van der Waals surface area contributed by atoms with E-state index in [2.05, 4.69) is 10.6 Å². The highest BCUT2D eigenvalue weighted by Crippen LogP contribution is 2.28. The van der Waals surface area contributed by atoms with E-state index < -0.39 is 21.8 Å². The van der Waals surface area contributed by atoms with Crippen molar-refractivity contribution in [2.45, 2.75) is 29.6 Å². The van der Waals surface area contributed by atoms with E-state index in [1.54, 1.807) is 17.5 Å². The second-order valence-electron chi connectivity index (χ2n) is 5.82. The highest BCUT2D eigenvalue weighted by molar-refractivity contribution is 7.91. The van der Waals surface area contributed by atoms with E-state index >= 15 is 0 Å². The minimum atomic E-state index is -3.55. The minimum absolute atomic E-state index is 0.121. The lowest BCUT2D eigenvalue weighted by atomic mass is 10.2. The van der Waals surface area contributed by atoms with E-state index in [9.17, 15) is 18.0 Å². The van der Waals surface area contributed by atoms with Crippen LogP contribution in [0.25, 0.3) is 0 Å². The van der Waals surface area contributed by atoms with Crippen LogP contribution in [0.1, 0.15) is 17.7 Å². The van der Waals surface area contributed by atoms with Gasteiger partial charge in [-0.15, -0.1) is 22.7 Å². The molecule has 2 amide bonds. The van der Waals surface area contributed by atoms with Gasteiger partial charge in [0.2, 0.25) is 0 Å². The molecule has 0 bridgehead atoms. The Bertz CT molecular complexity index is 847. The van der Waals surface area contributed by atoms with Crippen molar-refractivity contribution in [1.82, 2.24) is 14.9 Å². The van der Waals surface area contributed by atoms with Gasteiger partial charge >= 0.3 is 11.8 Å². The van der Waals surface area contributed by atoms with Gasteiger partial charge in [-0.05, 0) is 35.7 Å². The lowest BCUT2D eigenvalue weighted by Gasteiger charge is -2.23. The van der Waals surface area contributed by atoms with Gasteiger partial charge in [0.15, 0.2) is 0 Å². The normalized spacial score (nSPS) is 17.9. The Morgan fingerprint density at radius 2 is 1.85 bits per heavy atom. The summed E-state index contributed by atoms with van der Waals surface area (Å²) in [5, 5.41) is 8.72. The van der Waals surface area contributed by atoms with Crippen LogP contribution in [0.5, 0.6) is 0 Å². The van der Waals surface area contributed by atoms with E-state index in [1.165, 1.54) is 27.0 Å². The van der Waals surface area contributed by atoms with E-state index in [-0.39, 0.29) is 12.6 Å². The van der Waals surface area contributed by atoms with Crippen molar-refractivity contribution in [3.05, 3.63) is 39.9 Å². The van der Waals surface area contributed by atoms with E-state index in [4.69, 9.17) is 0 Å². The van der Waals surface area contributed by atoms with Gasteiger partial charge < -0.3 is 10.6 Å². The molecule has 2 N–H and O–H groups in total. The highest BCUT2D eigenvalue weighted by Gasteiger charge is 2.36. The third-order valence-corrected chi connectivity index (χ3v) is 8.29. The number of nitrogens with one attached hydrogen (secondary N) is 2. The Kier molecular flexibility index (Phi) is 6.07. The van der Waals surface area contributed by atoms with Crippen LogP contribution in [0.15, 0.2) is 39.2 Å². The first-order valence-corrected chi connectivity index (χ1v) is 11.3. The van der Waals surface area contributed by atoms with Crippen LogP contribution < -0.4 is 10.6 Å². The van der Waals surface area contributed by atoms with Gasteiger partial charge in [-0.25, -0.2) is 8.42 Å². The maximum atomic E-state index is 12.7. The van der Waals surface area contributed by atoms with Crippen LogP contribution in [0.2, 0.25) is 0 Å². The maximum Gasteiger partial charge on any atom is 0.309 e. The summed E-state index contributed by atoms with van der Waals surface area (Å²) in [6.45, 7) is 0.841. The Hall–Kier alpha value is -1.75. The number of hydrogen-bond donors (Lipinski definition) is 2. The van der Waals surface area contributed by atoms with Gasteiger partial charge in [-0.1, -0.05) is 12.1 Å². The Labute approximate surface area is 160 Å². The molecule has 0 radical (unpaired) electrons. The fourth-order valence-electron chi connectivity index (χ4n) is 2.81. The van der Waals surface area contributed by atoms with E-state index in [0.717, 1.165) is 11.3 Å². The van der Waals surface area contributed by atoms with Gasteiger partial charge in [0, 0.05) is 24.0 Å². The molecule has 0 aliphatic carbocycles. The van der Waals surface area contributed by atoms with Gasteiger partial charge in [0.1, 0.15) is 4.21 Å². The number of rotatable bonds is 6. The molecular formula is C16H19N3O4S3. The molecule has 10 heteroatoms. The SMILES string of the molecule is O=C(NCc1cccs1)C(=O)NCC1CCCN1S(=O)(=O)c1cccs1. The zero-order chi connectivity index (χ0) is 18.6. The molecule has 1 unspecified atom stereocenters. The summed E-state index contributed by atoms with van der Waals surface area (Å²) >= 11 is 2.67. The zero-order valence-electron chi connectivity index (χ0n) is 13.9. The monoisotopic (exact) mass is 413 g/mol. The quantitative estimate of drug-likeness (QED) is 0.700. The number of thiophene rings is 2. The summed E-state index contributed by atoms with van der Waals surface area (Å²) in [4.78, 5) is 24.8. The van der Waals surface area contributed by atoms with Gasteiger partial charge in [-0.3, -0.25) is 9.59 Å². The fourth-order valence-corrected chi connectivity index (χ4v) is 6.26. The lowest BCUT2D eigenvalue weighted by Crippen LogP contribution is -2.46. The Morgan fingerprint density at radius 1 is 1.12 bits per heavy atom. The van der Waals surface area contributed by atoms with Gasteiger partial charge in [-0.2, -0.15) is 4.31 Å². The van der Waals surface area contributed by atoms with Crippen molar-refractivity contribution >= 4 is 44.5 Å². The molecule has 3 heterocycles. The summed E-state index contributed by atoms with van der Waals surface area (Å²) in [5.74, 6) is -1.47. The average molecular weight is 414 g/mol. The first-order chi connectivity index (χ1) is 12.5. The molecule has 26 heavy (non-hydrogen) atoms. The molecule has 0 aromatic carbocycles. The summed E-state index contributed by atoms with van der Waals surface area (Å²) in [5.41, 5.74) is 0. The summed E-state index contributed by atoms with van der Waals surface area (Å²) < 4.78 is 27.0.